The molecule has 0 amide bonds. The van der Waals surface area contributed by atoms with Crippen molar-refractivity contribution >= 4 is 0 Å². The van der Waals surface area contributed by atoms with E-state index in [4.69, 9.17) is 5.73 Å². The third-order valence-corrected chi connectivity index (χ3v) is 3.89. The van der Waals surface area contributed by atoms with Crippen LogP contribution < -0.4 is 5.73 Å². The predicted octanol–water partition coefficient (Wildman–Crippen LogP) is 2.54. The maximum atomic E-state index is 5.74. The molecule has 3 heteroatoms. The average Bonchev–Trinajstić information content (AvgIpc) is 2.55. The molecule has 1 aromatic rings. The van der Waals surface area contributed by atoms with Gasteiger partial charge < -0.3 is 5.73 Å². The Morgan fingerprint density at radius 2 is 1.94 bits per heavy atom. The van der Waals surface area contributed by atoms with Gasteiger partial charge in [-0.25, -0.2) is 0 Å². The van der Waals surface area contributed by atoms with Gasteiger partial charge in [-0.2, -0.15) is 5.10 Å². The minimum atomic E-state index is 0.613. The van der Waals surface area contributed by atoms with Gasteiger partial charge in [-0.1, -0.05) is 19.3 Å². The van der Waals surface area contributed by atoms with E-state index in [1.165, 1.54) is 43.4 Å². The van der Waals surface area contributed by atoms with Crippen molar-refractivity contribution in [1.29, 1.82) is 0 Å². The first-order valence-electron chi connectivity index (χ1n) is 6.45. The van der Waals surface area contributed by atoms with E-state index in [9.17, 15) is 0 Å². The van der Waals surface area contributed by atoms with Crippen molar-refractivity contribution in [3.05, 3.63) is 17.0 Å². The minimum Gasteiger partial charge on any atom is -0.326 e. The highest BCUT2D eigenvalue weighted by Crippen LogP contribution is 2.26. The highest BCUT2D eigenvalue weighted by Gasteiger charge is 2.17. The van der Waals surface area contributed by atoms with Crippen molar-refractivity contribution in [2.24, 2.45) is 11.7 Å². The Hall–Kier alpha value is -0.830. The molecule has 0 unspecified atom stereocenters. The molecule has 0 bridgehead atoms. The van der Waals surface area contributed by atoms with E-state index >= 15 is 0 Å². The number of aryl methyl sites for hydroxylation is 1. The molecule has 1 fully saturated rings. The van der Waals surface area contributed by atoms with Crippen molar-refractivity contribution in [3.8, 4) is 0 Å². The first-order valence-corrected chi connectivity index (χ1v) is 6.45. The number of rotatable bonds is 3. The first kappa shape index (κ1) is 11.6. The van der Waals surface area contributed by atoms with E-state index in [1.807, 2.05) is 0 Å². The average molecular weight is 221 g/mol. The summed E-state index contributed by atoms with van der Waals surface area (Å²) in [4.78, 5) is 0. The molecule has 2 N–H and O–H groups in total. The molecule has 0 saturated heterocycles. The van der Waals surface area contributed by atoms with Crippen LogP contribution in [0.1, 0.15) is 49.1 Å². The summed E-state index contributed by atoms with van der Waals surface area (Å²) in [6.45, 7) is 5.91. The first-order chi connectivity index (χ1) is 7.72. The number of nitrogens with zero attached hydrogens (tertiary/aromatic N) is 2. The molecule has 0 spiro atoms. The molecule has 1 saturated carbocycles. The summed E-state index contributed by atoms with van der Waals surface area (Å²) in [7, 11) is 0. The molecule has 16 heavy (non-hydrogen) atoms. The molecule has 3 nitrogen and oxygen atoms in total. The van der Waals surface area contributed by atoms with Crippen molar-refractivity contribution in [2.45, 2.75) is 59.0 Å². The van der Waals surface area contributed by atoms with E-state index in [1.54, 1.807) is 0 Å². The SMILES string of the molecule is Cc1nn(CC2CCCCC2)c(C)c1CN. The van der Waals surface area contributed by atoms with Gasteiger partial charge in [0, 0.05) is 24.3 Å². The molecule has 1 aromatic heterocycles. The standard InChI is InChI=1S/C13H23N3/c1-10-13(8-14)11(2)16(15-10)9-12-6-4-3-5-7-12/h12H,3-9,14H2,1-2H3. The number of aromatic nitrogens is 2. The maximum absolute atomic E-state index is 5.74. The van der Waals surface area contributed by atoms with Crippen LogP contribution >= 0.6 is 0 Å². The van der Waals surface area contributed by atoms with Crippen molar-refractivity contribution in [2.75, 3.05) is 0 Å². The predicted molar refractivity (Wildman–Crippen MR) is 66.2 cm³/mol. The van der Waals surface area contributed by atoms with Crippen molar-refractivity contribution in [3.63, 3.8) is 0 Å². The molecule has 0 atom stereocenters. The van der Waals surface area contributed by atoms with Gasteiger partial charge >= 0.3 is 0 Å². The monoisotopic (exact) mass is 221 g/mol. The van der Waals surface area contributed by atoms with Crippen LogP contribution in [-0.4, -0.2) is 9.78 Å². The van der Waals surface area contributed by atoms with Crippen LogP contribution in [0.25, 0.3) is 0 Å². The van der Waals surface area contributed by atoms with Gasteiger partial charge in [0.15, 0.2) is 0 Å². The molecule has 0 aromatic carbocycles. The molecule has 1 aliphatic rings. The topological polar surface area (TPSA) is 43.8 Å². The summed E-state index contributed by atoms with van der Waals surface area (Å²) >= 11 is 0. The van der Waals surface area contributed by atoms with Crippen LogP contribution in [0.3, 0.4) is 0 Å². The number of nitrogens with two attached hydrogens (primary N) is 1. The second-order valence-electron chi connectivity index (χ2n) is 5.04. The summed E-state index contributed by atoms with van der Waals surface area (Å²) in [5.41, 5.74) is 9.35. The van der Waals surface area contributed by atoms with Crippen LogP contribution in [0.5, 0.6) is 0 Å². The quantitative estimate of drug-likeness (QED) is 0.852. The van der Waals surface area contributed by atoms with Crippen LogP contribution in [0.4, 0.5) is 0 Å². The zero-order valence-electron chi connectivity index (χ0n) is 10.5. The molecule has 0 aliphatic heterocycles. The number of hydrogen-bond donors (Lipinski definition) is 1. The summed E-state index contributed by atoms with van der Waals surface area (Å²) in [6, 6.07) is 0. The van der Waals surface area contributed by atoms with Gasteiger partial charge in [0.1, 0.15) is 0 Å². The maximum Gasteiger partial charge on any atom is 0.0641 e. The molecule has 2 rings (SSSR count). The fraction of sp³-hybridized carbons (Fsp3) is 0.769. The zero-order chi connectivity index (χ0) is 11.5. The Bertz CT molecular complexity index is 348. The van der Waals surface area contributed by atoms with Crippen molar-refractivity contribution in [1.82, 2.24) is 9.78 Å². The smallest absolute Gasteiger partial charge is 0.0641 e. The molecule has 0 radical (unpaired) electrons. The molecule has 1 aliphatic carbocycles. The molecular formula is C13H23N3. The number of hydrogen-bond acceptors (Lipinski definition) is 2. The lowest BCUT2D eigenvalue weighted by molar-refractivity contribution is 0.305. The van der Waals surface area contributed by atoms with Crippen LogP contribution in [0, 0.1) is 19.8 Å². The lowest BCUT2D eigenvalue weighted by Gasteiger charge is -2.22. The summed E-state index contributed by atoms with van der Waals surface area (Å²) < 4.78 is 2.17. The van der Waals surface area contributed by atoms with Gasteiger partial charge in [-0.05, 0) is 32.6 Å². The third-order valence-electron chi connectivity index (χ3n) is 3.89. The van der Waals surface area contributed by atoms with Crippen LogP contribution in [-0.2, 0) is 13.1 Å². The van der Waals surface area contributed by atoms with Gasteiger partial charge in [-0.15, -0.1) is 0 Å². The fourth-order valence-corrected chi connectivity index (χ4v) is 2.82. The highest BCUT2D eigenvalue weighted by atomic mass is 15.3. The Morgan fingerprint density at radius 1 is 1.25 bits per heavy atom. The fourth-order valence-electron chi connectivity index (χ4n) is 2.82. The molecule has 1 heterocycles. The third kappa shape index (κ3) is 2.29. The Morgan fingerprint density at radius 3 is 2.50 bits per heavy atom. The van der Waals surface area contributed by atoms with Gasteiger partial charge in [0.2, 0.25) is 0 Å². The van der Waals surface area contributed by atoms with E-state index in [2.05, 4.69) is 23.6 Å². The normalized spacial score (nSPS) is 17.9. The van der Waals surface area contributed by atoms with E-state index in [0.717, 1.165) is 18.2 Å². The molecule has 90 valence electrons. The minimum absolute atomic E-state index is 0.613. The van der Waals surface area contributed by atoms with Crippen molar-refractivity contribution < 1.29 is 0 Å². The summed E-state index contributed by atoms with van der Waals surface area (Å²) in [5, 5.41) is 4.61. The largest absolute Gasteiger partial charge is 0.326 e. The van der Waals surface area contributed by atoms with E-state index in [0.29, 0.717) is 6.54 Å². The Kier molecular flexibility index (Phi) is 3.64. The van der Waals surface area contributed by atoms with Gasteiger partial charge in [0.05, 0.1) is 5.69 Å². The summed E-state index contributed by atoms with van der Waals surface area (Å²) in [6.07, 6.45) is 6.95. The Balaban J connectivity index is 2.08. The Labute approximate surface area is 98.0 Å². The van der Waals surface area contributed by atoms with Gasteiger partial charge in [0.25, 0.3) is 0 Å². The lowest BCUT2D eigenvalue weighted by atomic mass is 9.89. The lowest BCUT2D eigenvalue weighted by Crippen LogP contribution is -2.16. The zero-order valence-corrected chi connectivity index (χ0v) is 10.5. The highest BCUT2D eigenvalue weighted by molar-refractivity contribution is 5.23. The van der Waals surface area contributed by atoms with Crippen LogP contribution in [0.15, 0.2) is 0 Å². The second kappa shape index (κ2) is 5.00. The van der Waals surface area contributed by atoms with Crippen LogP contribution in [0.2, 0.25) is 0 Å². The van der Waals surface area contributed by atoms with E-state index < -0.39 is 0 Å². The van der Waals surface area contributed by atoms with Gasteiger partial charge in [-0.3, -0.25) is 4.68 Å². The second-order valence-corrected chi connectivity index (χ2v) is 5.04. The summed E-state index contributed by atoms with van der Waals surface area (Å²) in [5.74, 6) is 0.831. The van der Waals surface area contributed by atoms with E-state index in [-0.39, 0.29) is 0 Å². The molecular weight excluding hydrogens is 198 g/mol.